The second-order valence-electron chi connectivity index (χ2n) is 5.57. The first-order valence-corrected chi connectivity index (χ1v) is 8.67. The first-order chi connectivity index (χ1) is 11.4. The fourth-order valence-electron chi connectivity index (χ4n) is 2.81. The molecule has 1 fully saturated rings. The second kappa shape index (κ2) is 7.10. The summed E-state index contributed by atoms with van der Waals surface area (Å²) in [6.45, 7) is 3.29. The van der Waals surface area contributed by atoms with Gasteiger partial charge in [-0.1, -0.05) is 6.07 Å². The van der Waals surface area contributed by atoms with Crippen LogP contribution in [0.25, 0.3) is 0 Å². The summed E-state index contributed by atoms with van der Waals surface area (Å²) in [7, 11) is 0. The highest BCUT2D eigenvalue weighted by molar-refractivity contribution is 7.99. The molecule has 0 aliphatic carbocycles. The van der Waals surface area contributed by atoms with E-state index in [0.29, 0.717) is 31.0 Å². The number of piperazine rings is 1. The van der Waals surface area contributed by atoms with Crippen LogP contribution in [0.15, 0.2) is 23.1 Å². The number of halogens is 3. The van der Waals surface area contributed by atoms with E-state index in [4.69, 9.17) is 0 Å². The van der Waals surface area contributed by atoms with Crippen molar-refractivity contribution in [2.45, 2.75) is 17.8 Å². The summed E-state index contributed by atoms with van der Waals surface area (Å²) in [6, 6.07) is 4.47. The lowest BCUT2D eigenvalue weighted by atomic mass is 10.2. The van der Waals surface area contributed by atoms with Crippen LogP contribution < -0.4 is 10.1 Å². The third-order valence-electron chi connectivity index (χ3n) is 3.94. The Labute approximate surface area is 142 Å². The van der Waals surface area contributed by atoms with Crippen molar-refractivity contribution in [1.82, 2.24) is 15.1 Å². The molecule has 0 unspecified atom stereocenters. The highest BCUT2D eigenvalue weighted by Gasteiger charge is 2.34. The Morgan fingerprint density at radius 3 is 2.62 bits per heavy atom. The van der Waals surface area contributed by atoms with Gasteiger partial charge in [-0.3, -0.25) is 0 Å². The van der Waals surface area contributed by atoms with E-state index < -0.39 is 6.36 Å². The van der Waals surface area contributed by atoms with Crippen LogP contribution in [0.1, 0.15) is 5.56 Å². The van der Waals surface area contributed by atoms with Gasteiger partial charge in [-0.15, -0.1) is 24.9 Å². The number of benzene rings is 1. The molecule has 0 radical (unpaired) electrons. The predicted molar refractivity (Wildman–Crippen MR) is 84.1 cm³/mol. The van der Waals surface area contributed by atoms with E-state index in [0.717, 1.165) is 18.0 Å². The predicted octanol–water partition coefficient (Wildman–Crippen LogP) is 2.52. The number of hydrogen-bond acceptors (Lipinski definition) is 4. The van der Waals surface area contributed by atoms with Crippen molar-refractivity contribution in [1.29, 1.82) is 0 Å². The van der Waals surface area contributed by atoms with E-state index in [-0.39, 0.29) is 18.3 Å². The summed E-state index contributed by atoms with van der Waals surface area (Å²) in [5.74, 6) is 0.410. The number of carbonyl (C=O) groups excluding carboxylic acids is 1. The number of urea groups is 1. The van der Waals surface area contributed by atoms with Crippen molar-refractivity contribution in [3.8, 4) is 5.75 Å². The number of rotatable bonds is 1. The molecular weight excluding hydrogens is 343 g/mol. The third kappa shape index (κ3) is 4.07. The Morgan fingerprint density at radius 2 is 1.92 bits per heavy atom. The van der Waals surface area contributed by atoms with Gasteiger partial charge in [-0.05, 0) is 12.1 Å². The van der Waals surface area contributed by atoms with Gasteiger partial charge >= 0.3 is 12.4 Å². The molecule has 1 N–H and O–H groups in total. The van der Waals surface area contributed by atoms with Crippen molar-refractivity contribution in [2.75, 3.05) is 38.5 Å². The van der Waals surface area contributed by atoms with Gasteiger partial charge in [0.25, 0.3) is 0 Å². The quantitative estimate of drug-likeness (QED) is 0.835. The summed E-state index contributed by atoms with van der Waals surface area (Å²) >= 11 is 1.45. The lowest BCUT2D eigenvalue weighted by Gasteiger charge is -2.33. The Kier molecular flexibility index (Phi) is 5.09. The highest BCUT2D eigenvalue weighted by atomic mass is 32.2. The van der Waals surface area contributed by atoms with Gasteiger partial charge in [-0.2, -0.15) is 0 Å². The average Bonchev–Trinajstić information content (AvgIpc) is 2.77. The van der Waals surface area contributed by atoms with Gasteiger partial charge < -0.3 is 19.9 Å². The topological polar surface area (TPSA) is 44.8 Å². The number of amides is 2. The van der Waals surface area contributed by atoms with E-state index in [1.54, 1.807) is 21.9 Å². The van der Waals surface area contributed by atoms with Gasteiger partial charge in [-0.25, -0.2) is 4.79 Å². The maximum absolute atomic E-state index is 12.7. The molecule has 2 aliphatic rings. The van der Waals surface area contributed by atoms with Crippen LogP contribution in [-0.2, 0) is 6.54 Å². The minimum atomic E-state index is -4.75. The molecule has 0 spiro atoms. The summed E-state index contributed by atoms with van der Waals surface area (Å²) in [6.07, 6.45) is -4.75. The number of alkyl halides is 3. The van der Waals surface area contributed by atoms with Crippen molar-refractivity contribution in [2.24, 2.45) is 0 Å². The summed E-state index contributed by atoms with van der Waals surface area (Å²) in [4.78, 5) is 16.7. The molecule has 2 heterocycles. The normalized spacial score (nSPS) is 18.8. The molecular formula is C15H18F3N3O2S. The van der Waals surface area contributed by atoms with E-state index in [9.17, 15) is 18.0 Å². The number of thioether (sulfide) groups is 1. The zero-order chi connectivity index (χ0) is 17.2. The Bertz CT molecular complexity index is 606. The molecule has 1 saturated heterocycles. The van der Waals surface area contributed by atoms with Crippen LogP contribution in [0, 0.1) is 0 Å². The van der Waals surface area contributed by atoms with Gasteiger partial charge in [0.2, 0.25) is 0 Å². The first-order valence-electron chi connectivity index (χ1n) is 7.69. The Balaban J connectivity index is 1.82. The van der Waals surface area contributed by atoms with Crippen molar-refractivity contribution < 1.29 is 22.7 Å². The Morgan fingerprint density at radius 1 is 1.17 bits per heavy atom. The molecule has 0 atom stereocenters. The van der Waals surface area contributed by atoms with Crippen LogP contribution in [0.2, 0.25) is 0 Å². The summed E-state index contributed by atoms with van der Waals surface area (Å²) in [5, 5.41) is 3.17. The van der Waals surface area contributed by atoms with E-state index in [1.807, 2.05) is 0 Å². The zero-order valence-corrected chi connectivity index (χ0v) is 13.8. The number of nitrogens with zero attached hydrogens (tertiary/aromatic N) is 2. The number of ether oxygens (including phenoxy) is 1. The van der Waals surface area contributed by atoms with Crippen LogP contribution in [0.3, 0.4) is 0 Å². The van der Waals surface area contributed by atoms with E-state index in [2.05, 4.69) is 10.1 Å². The molecule has 5 nitrogen and oxygen atoms in total. The standard InChI is InChI=1S/C15H18F3N3O2S/c16-15(17,18)23-12-2-1-3-13-11(12)10-21(8-9-24-13)14(22)20-6-4-19-5-7-20/h1-3,19H,4-10H2. The van der Waals surface area contributed by atoms with Crippen molar-refractivity contribution in [3.63, 3.8) is 0 Å². The Hall–Kier alpha value is -1.61. The summed E-state index contributed by atoms with van der Waals surface area (Å²) < 4.78 is 42.1. The second-order valence-corrected chi connectivity index (χ2v) is 6.71. The highest BCUT2D eigenvalue weighted by Crippen LogP contribution is 2.36. The minimum Gasteiger partial charge on any atom is -0.405 e. The van der Waals surface area contributed by atoms with Crippen LogP contribution >= 0.6 is 11.8 Å². The maximum Gasteiger partial charge on any atom is 0.573 e. The largest absolute Gasteiger partial charge is 0.573 e. The molecule has 1 aromatic rings. The number of carbonyl (C=O) groups is 1. The van der Waals surface area contributed by atoms with Crippen molar-refractivity contribution in [3.05, 3.63) is 23.8 Å². The molecule has 132 valence electrons. The van der Waals surface area contributed by atoms with Gasteiger partial charge in [0, 0.05) is 48.9 Å². The van der Waals surface area contributed by atoms with Crippen LogP contribution in [0.5, 0.6) is 5.75 Å². The van der Waals surface area contributed by atoms with Gasteiger partial charge in [0.05, 0.1) is 6.54 Å². The molecule has 3 rings (SSSR count). The molecule has 1 aromatic carbocycles. The number of hydrogen-bond donors (Lipinski definition) is 1. The molecule has 0 saturated carbocycles. The minimum absolute atomic E-state index is 0.122. The average molecular weight is 361 g/mol. The number of nitrogens with one attached hydrogen (secondary N) is 1. The monoisotopic (exact) mass is 361 g/mol. The molecule has 24 heavy (non-hydrogen) atoms. The lowest BCUT2D eigenvalue weighted by molar-refractivity contribution is -0.275. The molecule has 2 amide bonds. The zero-order valence-electron chi connectivity index (χ0n) is 12.9. The molecule has 0 bridgehead atoms. The molecule has 0 aromatic heterocycles. The van der Waals surface area contributed by atoms with Gasteiger partial charge in [0.15, 0.2) is 0 Å². The van der Waals surface area contributed by atoms with E-state index in [1.165, 1.54) is 17.8 Å². The third-order valence-corrected chi connectivity index (χ3v) is 5.02. The first kappa shape index (κ1) is 17.2. The maximum atomic E-state index is 12.7. The lowest BCUT2D eigenvalue weighted by Crippen LogP contribution is -2.51. The number of fused-ring (bicyclic) bond motifs is 1. The van der Waals surface area contributed by atoms with Crippen LogP contribution in [-0.4, -0.2) is 60.7 Å². The fraction of sp³-hybridized carbons (Fsp3) is 0.533. The SMILES string of the molecule is O=C(N1CCNCC1)N1CCSc2cccc(OC(F)(F)F)c2C1. The smallest absolute Gasteiger partial charge is 0.405 e. The fourth-order valence-corrected chi connectivity index (χ4v) is 3.86. The summed E-state index contributed by atoms with van der Waals surface area (Å²) in [5.41, 5.74) is 0.417. The van der Waals surface area contributed by atoms with E-state index >= 15 is 0 Å². The van der Waals surface area contributed by atoms with Gasteiger partial charge in [0.1, 0.15) is 5.75 Å². The molecule has 2 aliphatic heterocycles. The van der Waals surface area contributed by atoms with Crippen molar-refractivity contribution >= 4 is 17.8 Å². The van der Waals surface area contributed by atoms with Crippen LogP contribution in [0.4, 0.5) is 18.0 Å². The molecule has 9 heteroatoms.